The van der Waals surface area contributed by atoms with Crippen LogP contribution in [0.5, 0.6) is 11.5 Å². The van der Waals surface area contributed by atoms with Gasteiger partial charge in [-0.15, -0.1) is 0 Å². The first-order chi connectivity index (χ1) is 18.5. The molecule has 2 fully saturated rings. The molecule has 0 saturated carbocycles. The molecule has 194 valence electrons. The molecule has 6 rings (SSSR count). The van der Waals surface area contributed by atoms with E-state index in [9.17, 15) is 4.79 Å². The lowest BCUT2D eigenvalue weighted by Gasteiger charge is -2.37. The summed E-state index contributed by atoms with van der Waals surface area (Å²) in [6.45, 7) is 3.58. The summed E-state index contributed by atoms with van der Waals surface area (Å²) in [7, 11) is 0. The van der Waals surface area contributed by atoms with Crippen LogP contribution >= 0.6 is 23.3 Å². The predicted octanol–water partition coefficient (Wildman–Crippen LogP) is 5.98. The van der Waals surface area contributed by atoms with Gasteiger partial charge in [0.2, 0.25) is 11.0 Å². The molecule has 2 aliphatic rings. The molecule has 1 N–H and O–H groups in total. The maximum atomic E-state index is 12.1. The van der Waals surface area contributed by atoms with Crippen LogP contribution in [-0.2, 0) is 4.79 Å². The summed E-state index contributed by atoms with van der Waals surface area (Å²) in [5.74, 6) is 3.04. The molecule has 2 aliphatic heterocycles. The average molecular weight is 546 g/mol. The van der Waals surface area contributed by atoms with Crippen LogP contribution in [0.15, 0.2) is 64.9 Å². The number of piperidine rings is 1. The summed E-state index contributed by atoms with van der Waals surface area (Å²) < 4.78 is 11.0. The van der Waals surface area contributed by atoms with Gasteiger partial charge in [0.15, 0.2) is 11.6 Å². The summed E-state index contributed by atoms with van der Waals surface area (Å²) in [6.07, 6.45) is 9.26. The van der Waals surface area contributed by atoms with Crippen LogP contribution in [0.2, 0.25) is 0 Å². The second-order valence-corrected chi connectivity index (χ2v) is 11.4. The number of aromatic nitrogens is 5. The standard InChI is InChI=1S/C27H27N7O2S2/c1-16-22(6-5-11-28-16)36-23-14-21(37-24-7-3-4-10-29-24)15-30-26(23)32-27-31-25(33-38-27)18-12-19-8-9-20(13-18)34(19)17(2)35/h3-7,10-11,14-15,18-20H,8-9,12-13H2,1-2H3,(H,30,31,32,33). The Hall–Kier alpha value is -3.57. The fourth-order valence-corrected chi connectivity index (χ4v) is 6.75. The van der Waals surface area contributed by atoms with Crippen LogP contribution in [0.1, 0.15) is 50.0 Å². The van der Waals surface area contributed by atoms with Crippen molar-refractivity contribution in [1.29, 1.82) is 0 Å². The van der Waals surface area contributed by atoms with Crippen LogP contribution < -0.4 is 10.1 Å². The fourth-order valence-electron chi connectivity index (χ4n) is 5.33. The Bertz CT molecular complexity index is 1430. The number of carbonyl (C=O) groups is 1. The van der Waals surface area contributed by atoms with Crippen molar-refractivity contribution in [1.82, 2.24) is 29.2 Å². The Morgan fingerprint density at radius 1 is 1.08 bits per heavy atom. The van der Waals surface area contributed by atoms with Crippen LogP contribution in [0.25, 0.3) is 0 Å². The van der Waals surface area contributed by atoms with E-state index >= 15 is 0 Å². The lowest BCUT2D eigenvalue weighted by molar-refractivity contribution is -0.133. The number of hydrogen-bond donors (Lipinski definition) is 1. The van der Waals surface area contributed by atoms with Crippen molar-refractivity contribution in [2.24, 2.45) is 0 Å². The van der Waals surface area contributed by atoms with Crippen molar-refractivity contribution in [3.63, 3.8) is 0 Å². The first-order valence-electron chi connectivity index (χ1n) is 12.6. The largest absolute Gasteiger partial charge is 0.452 e. The fraction of sp³-hybridized carbons (Fsp3) is 0.333. The number of nitrogens with zero attached hydrogens (tertiary/aromatic N) is 6. The number of hydrogen-bond acceptors (Lipinski definition) is 10. The molecule has 38 heavy (non-hydrogen) atoms. The highest BCUT2D eigenvalue weighted by molar-refractivity contribution is 7.99. The van der Waals surface area contributed by atoms with E-state index in [-0.39, 0.29) is 11.8 Å². The van der Waals surface area contributed by atoms with Crippen LogP contribution in [0.3, 0.4) is 0 Å². The molecule has 6 heterocycles. The van der Waals surface area contributed by atoms with Crippen molar-refractivity contribution in [3.05, 3.63) is 66.5 Å². The molecule has 1 amide bonds. The van der Waals surface area contributed by atoms with Gasteiger partial charge in [0, 0.05) is 66.0 Å². The molecule has 11 heteroatoms. The SMILES string of the molecule is CC(=O)N1C2CCC1CC(c1nsc(Nc3ncc(Sc4ccccn4)cc3Oc3cccnc3C)n1)C2. The first kappa shape index (κ1) is 24.7. The van der Waals surface area contributed by atoms with E-state index in [2.05, 4.69) is 29.5 Å². The summed E-state index contributed by atoms with van der Waals surface area (Å²) in [5.41, 5.74) is 0.783. The van der Waals surface area contributed by atoms with E-state index in [1.807, 2.05) is 43.3 Å². The Labute approximate surface area is 229 Å². The summed E-state index contributed by atoms with van der Waals surface area (Å²) in [4.78, 5) is 33.3. The molecule has 2 unspecified atom stereocenters. The van der Waals surface area contributed by atoms with Gasteiger partial charge in [-0.25, -0.2) is 15.0 Å². The van der Waals surface area contributed by atoms with Crippen molar-refractivity contribution in [3.8, 4) is 11.5 Å². The molecule has 4 aromatic heterocycles. The molecule has 4 aromatic rings. The predicted molar refractivity (Wildman–Crippen MR) is 146 cm³/mol. The van der Waals surface area contributed by atoms with E-state index in [1.54, 1.807) is 25.5 Å². The number of fused-ring (bicyclic) bond motifs is 2. The maximum absolute atomic E-state index is 12.1. The Morgan fingerprint density at radius 2 is 1.89 bits per heavy atom. The molecular formula is C27H27N7O2S2. The number of amides is 1. The van der Waals surface area contributed by atoms with Gasteiger partial charge in [-0.1, -0.05) is 17.8 Å². The zero-order chi connectivity index (χ0) is 26.1. The topological polar surface area (TPSA) is 106 Å². The quantitative estimate of drug-likeness (QED) is 0.300. The average Bonchev–Trinajstić information content (AvgIpc) is 3.49. The number of carbonyl (C=O) groups excluding carboxylic acids is 1. The van der Waals surface area contributed by atoms with Crippen molar-refractivity contribution < 1.29 is 9.53 Å². The Kier molecular flexibility index (Phi) is 6.94. The highest BCUT2D eigenvalue weighted by Gasteiger charge is 2.43. The maximum Gasteiger partial charge on any atom is 0.219 e. The number of nitrogens with one attached hydrogen (secondary N) is 1. The number of ether oxygens (including phenoxy) is 1. The number of aryl methyl sites for hydroxylation is 1. The molecule has 9 nitrogen and oxygen atoms in total. The third kappa shape index (κ3) is 5.21. The highest BCUT2D eigenvalue weighted by atomic mass is 32.2. The lowest BCUT2D eigenvalue weighted by Crippen LogP contribution is -2.45. The van der Waals surface area contributed by atoms with Gasteiger partial charge in [-0.3, -0.25) is 9.78 Å². The minimum Gasteiger partial charge on any atom is -0.452 e. The van der Waals surface area contributed by atoms with Crippen LogP contribution in [0, 0.1) is 6.92 Å². The van der Waals surface area contributed by atoms with Crippen molar-refractivity contribution in [2.45, 2.75) is 67.5 Å². The molecule has 0 aliphatic carbocycles. The van der Waals surface area contributed by atoms with E-state index in [1.165, 1.54) is 23.3 Å². The molecule has 0 spiro atoms. The first-order valence-corrected chi connectivity index (χ1v) is 14.2. The van der Waals surface area contributed by atoms with Gasteiger partial charge in [0.1, 0.15) is 16.6 Å². The third-order valence-corrected chi connectivity index (χ3v) is 8.55. The summed E-state index contributed by atoms with van der Waals surface area (Å²) >= 11 is 2.83. The number of rotatable bonds is 7. The molecule has 0 aromatic carbocycles. The molecule has 2 bridgehead atoms. The lowest BCUT2D eigenvalue weighted by atomic mass is 9.90. The Morgan fingerprint density at radius 3 is 2.63 bits per heavy atom. The van der Waals surface area contributed by atoms with E-state index in [0.717, 1.165) is 47.1 Å². The van der Waals surface area contributed by atoms with Crippen LogP contribution in [0.4, 0.5) is 10.9 Å². The van der Waals surface area contributed by atoms with E-state index in [0.29, 0.717) is 34.5 Å². The second-order valence-electron chi connectivity index (χ2n) is 9.54. The van der Waals surface area contributed by atoms with Gasteiger partial charge in [-0.05, 0) is 56.9 Å². The molecule has 2 saturated heterocycles. The number of pyridine rings is 3. The molecule has 0 radical (unpaired) electrons. The van der Waals surface area contributed by atoms with E-state index in [4.69, 9.17) is 9.72 Å². The second kappa shape index (κ2) is 10.7. The minimum absolute atomic E-state index is 0.177. The van der Waals surface area contributed by atoms with Gasteiger partial charge in [0.05, 0.1) is 5.69 Å². The van der Waals surface area contributed by atoms with Crippen molar-refractivity contribution >= 4 is 40.2 Å². The summed E-state index contributed by atoms with van der Waals surface area (Å²) in [6, 6.07) is 12.1. The van der Waals surface area contributed by atoms with Gasteiger partial charge in [0.25, 0.3) is 0 Å². The van der Waals surface area contributed by atoms with Gasteiger partial charge in [-0.2, -0.15) is 4.37 Å². The zero-order valence-corrected chi connectivity index (χ0v) is 22.7. The minimum atomic E-state index is 0.177. The van der Waals surface area contributed by atoms with Crippen molar-refractivity contribution in [2.75, 3.05) is 5.32 Å². The van der Waals surface area contributed by atoms with E-state index < -0.39 is 0 Å². The molecule has 2 atom stereocenters. The van der Waals surface area contributed by atoms with Gasteiger partial charge >= 0.3 is 0 Å². The number of anilines is 2. The highest BCUT2D eigenvalue weighted by Crippen LogP contribution is 2.43. The van der Waals surface area contributed by atoms with Crippen LogP contribution in [-0.4, -0.2) is 47.2 Å². The smallest absolute Gasteiger partial charge is 0.219 e. The molecular weight excluding hydrogens is 518 g/mol. The monoisotopic (exact) mass is 545 g/mol. The Balaban J connectivity index is 1.23. The normalized spacial score (nSPS) is 20.4. The zero-order valence-electron chi connectivity index (χ0n) is 21.1. The third-order valence-electron chi connectivity index (χ3n) is 7.00. The van der Waals surface area contributed by atoms with Gasteiger partial charge < -0.3 is 15.0 Å². The summed E-state index contributed by atoms with van der Waals surface area (Å²) in [5, 5.41) is 4.86.